The lowest BCUT2D eigenvalue weighted by Gasteiger charge is -2.09. The Morgan fingerprint density at radius 3 is 3.07 bits per heavy atom. The summed E-state index contributed by atoms with van der Waals surface area (Å²) in [6.07, 6.45) is 6.13. The van der Waals surface area contributed by atoms with E-state index in [9.17, 15) is 10.1 Å². The molecule has 0 spiro atoms. The first-order chi connectivity index (χ1) is 13.7. The lowest BCUT2D eigenvalue weighted by molar-refractivity contribution is -0.115. The Balaban J connectivity index is 1.35. The molecular formula is C19H19N5O2S2. The highest BCUT2D eigenvalue weighted by Crippen LogP contribution is 2.37. The third-order valence-corrected chi connectivity index (χ3v) is 6.90. The van der Waals surface area contributed by atoms with E-state index in [4.69, 9.17) is 4.42 Å². The van der Waals surface area contributed by atoms with Gasteiger partial charge in [-0.15, -0.1) is 21.5 Å². The lowest BCUT2D eigenvalue weighted by Crippen LogP contribution is -2.12. The van der Waals surface area contributed by atoms with Gasteiger partial charge in [0.25, 0.3) is 0 Å². The number of thioether (sulfide) groups is 1. The average Bonchev–Trinajstić information content (AvgIpc) is 3.41. The predicted octanol–water partition coefficient (Wildman–Crippen LogP) is 4.01. The Labute approximate surface area is 170 Å². The number of amides is 1. The van der Waals surface area contributed by atoms with Crippen LogP contribution in [0, 0.1) is 11.3 Å². The molecule has 0 radical (unpaired) electrons. The smallest absolute Gasteiger partial charge is 0.225 e. The summed E-state index contributed by atoms with van der Waals surface area (Å²) in [6.45, 7) is 0. The highest BCUT2D eigenvalue weighted by atomic mass is 32.2. The van der Waals surface area contributed by atoms with E-state index in [0.717, 1.165) is 36.4 Å². The highest BCUT2D eigenvalue weighted by molar-refractivity contribution is 7.99. The van der Waals surface area contributed by atoms with Crippen LogP contribution in [-0.2, 0) is 24.7 Å². The number of aromatic nitrogens is 3. The topological polar surface area (TPSA) is 96.7 Å². The number of hydrogen-bond donors (Lipinski definition) is 1. The second kappa shape index (κ2) is 8.20. The Morgan fingerprint density at radius 1 is 1.43 bits per heavy atom. The van der Waals surface area contributed by atoms with Gasteiger partial charge in [-0.25, -0.2) is 0 Å². The summed E-state index contributed by atoms with van der Waals surface area (Å²) in [7, 11) is 1.87. The minimum absolute atomic E-state index is 0.0870. The van der Waals surface area contributed by atoms with Crippen molar-refractivity contribution in [2.45, 2.75) is 37.3 Å². The second-order valence-electron chi connectivity index (χ2n) is 6.52. The Morgan fingerprint density at radius 2 is 2.29 bits per heavy atom. The van der Waals surface area contributed by atoms with Crippen molar-refractivity contribution < 1.29 is 9.21 Å². The van der Waals surface area contributed by atoms with Crippen molar-refractivity contribution in [2.75, 3.05) is 11.1 Å². The summed E-state index contributed by atoms with van der Waals surface area (Å²) in [4.78, 5) is 13.6. The van der Waals surface area contributed by atoms with Gasteiger partial charge in [0.05, 0.1) is 11.8 Å². The molecular weight excluding hydrogens is 394 g/mol. The van der Waals surface area contributed by atoms with Gasteiger partial charge in [-0.2, -0.15) is 5.26 Å². The number of furan rings is 1. The minimum Gasteiger partial charge on any atom is -0.461 e. The van der Waals surface area contributed by atoms with Crippen LogP contribution in [0.5, 0.6) is 0 Å². The summed E-state index contributed by atoms with van der Waals surface area (Å²) >= 11 is 3.02. The van der Waals surface area contributed by atoms with Crippen LogP contribution >= 0.6 is 23.1 Å². The van der Waals surface area contributed by atoms with E-state index in [0.29, 0.717) is 34.3 Å². The molecule has 0 bridgehead atoms. The van der Waals surface area contributed by atoms with Gasteiger partial charge in [-0.1, -0.05) is 11.8 Å². The van der Waals surface area contributed by atoms with E-state index in [-0.39, 0.29) is 5.91 Å². The molecule has 1 aliphatic rings. The molecule has 28 heavy (non-hydrogen) atoms. The minimum atomic E-state index is -0.0870. The summed E-state index contributed by atoms with van der Waals surface area (Å²) in [5.74, 6) is 1.80. The molecule has 0 atom stereocenters. The van der Waals surface area contributed by atoms with Crippen LogP contribution < -0.4 is 5.32 Å². The van der Waals surface area contributed by atoms with Crippen molar-refractivity contribution in [3.63, 3.8) is 0 Å². The quantitative estimate of drug-likeness (QED) is 0.613. The molecule has 0 saturated heterocycles. The van der Waals surface area contributed by atoms with Crippen LogP contribution in [0.3, 0.4) is 0 Å². The molecule has 1 aliphatic carbocycles. The summed E-state index contributed by atoms with van der Waals surface area (Å²) < 4.78 is 7.21. The van der Waals surface area contributed by atoms with Gasteiger partial charge < -0.3 is 14.3 Å². The predicted molar refractivity (Wildman–Crippen MR) is 108 cm³/mol. The molecule has 0 unspecified atom stereocenters. The van der Waals surface area contributed by atoms with Gasteiger partial charge in [0, 0.05) is 24.1 Å². The van der Waals surface area contributed by atoms with Crippen LogP contribution in [0.1, 0.15) is 35.3 Å². The monoisotopic (exact) mass is 413 g/mol. The van der Waals surface area contributed by atoms with Gasteiger partial charge in [-0.05, 0) is 43.4 Å². The number of hydrogen-bond acceptors (Lipinski definition) is 7. The van der Waals surface area contributed by atoms with Crippen LogP contribution in [0.25, 0.3) is 11.6 Å². The fourth-order valence-corrected chi connectivity index (χ4v) is 5.36. The van der Waals surface area contributed by atoms with E-state index in [1.54, 1.807) is 23.7 Å². The second-order valence-corrected chi connectivity index (χ2v) is 8.68. The fraction of sp³-hybridized carbons (Fsp3) is 0.368. The Bertz CT molecular complexity index is 1030. The zero-order valence-corrected chi connectivity index (χ0v) is 17.0. The molecule has 3 aromatic rings. The lowest BCUT2D eigenvalue weighted by atomic mass is 9.96. The largest absolute Gasteiger partial charge is 0.461 e. The maximum absolute atomic E-state index is 12.4. The number of anilines is 1. The molecule has 144 valence electrons. The number of fused-ring (bicyclic) bond motifs is 1. The fourth-order valence-electron chi connectivity index (χ4n) is 3.26. The van der Waals surface area contributed by atoms with E-state index in [2.05, 4.69) is 21.6 Å². The van der Waals surface area contributed by atoms with Crippen LogP contribution in [0.15, 0.2) is 28.0 Å². The van der Waals surface area contributed by atoms with Crippen molar-refractivity contribution in [1.82, 2.24) is 14.8 Å². The van der Waals surface area contributed by atoms with Gasteiger partial charge in [-0.3, -0.25) is 4.79 Å². The first-order valence-electron chi connectivity index (χ1n) is 9.08. The number of carbonyl (C=O) groups excluding carboxylic acids is 1. The Kier molecular flexibility index (Phi) is 5.50. The molecule has 3 aromatic heterocycles. The number of carbonyl (C=O) groups is 1. The average molecular weight is 414 g/mol. The molecule has 1 N–H and O–H groups in total. The molecule has 0 fully saturated rings. The van der Waals surface area contributed by atoms with Gasteiger partial charge in [0.15, 0.2) is 16.7 Å². The first-order valence-corrected chi connectivity index (χ1v) is 10.9. The van der Waals surface area contributed by atoms with Crippen LogP contribution in [0.4, 0.5) is 5.00 Å². The van der Waals surface area contributed by atoms with Crippen molar-refractivity contribution >= 4 is 34.0 Å². The maximum atomic E-state index is 12.4. The summed E-state index contributed by atoms with van der Waals surface area (Å²) in [6, 6.07) is 5.91. The van der Waals surface area contributed by atoms with E-state index >= 15 is 0 Å². The molecule has 0 saturated carbocycles. The third kappa shape index (κ3) is 3.70. The number of aryl methyl sites for hydroxylation is 1. The van der Waals surface area contributed by atoms with Gasteiger partial charge in [0.2, 0.25) is 5.91 Å². The summed E-state index contributed by atoms with van der Waals surface area (Å²) in [5.41, 5.74) is 1.78. The van der Waals surface area contributed by atoms with Crippen LogP contribution in [-0.4, -0.2) is 26.4 Å². The number of thiophene rings is 1. The summed E-state index contributed by atoms with van der Waals surface area (Å²) in [5, 5.41) is 22.2. The van der Waals surface area contributed by atoms with E-state index in [1.165, 1.54) is 16.6 Å². The van der Waals surface area contributed by atoms with E-state index in [1.807, 2.05) is 17.7 Å². The molecule has 3 heterocycles. The van der Waals surface area contributed by atoms with E-state index < -0.39 is 0 Å². The van der Waals surface area contributed by atoms with Gasteiger partial charge >= 0.3 is 0 Å². The maximum Gasteiger partial charge on any atom is 0.225 e. The number of nitrogens with one attached hydrogen (secondary N) is 1. The zero-order chi connectivity index (χ0) is 19.5. The van der Waals surface area contributed by atoms with Crippen molar-refractivity contribution in [1.29, 1.82) is 5.26 Å². The SMILES string of the molecule is Cn1c(SCCC(=O)Nc2sc3c(c2C#N)CCCC3)nnc1-c1ccco1. The van der Waals surface area contributed by atoms with Crippen LogP contribution in [0.2, 0.25) is 0 Å². The molecule has 7 nitrogen and oxygen atoms in total. The zero-order valence-electron chi connectivity index (χ0n) is 15.4. The first kappa shape index (κ1) is 18.8. The van der Waals surface area contributed by atoms with Crippen molar-refractivity contribution in [3.05, 3.63) is 34.4 Å². The number of rotatable bonds is 6. The highest BCUT2D eigenvalue weighted by Gasteiger charge is 2.22. The standard InChI is InChI=1S/C19H19N5O2S2/c1-24-17(14-6-4-9-26-14)22-23-19(24)27-10-8-16(25)21-18-13(11-20)12-5-2-3-7-15(12)28-18/h4,6,9H,2-3,5,7-8,10H2,1H3,(H,21,25). The molecule has 9 heteroatoms. The third-order valence-electron chi connectivity index (χ3n) is 4.67. The molecule has 1 amide bonds. The molecule has 0 aromatic carbocycles. The van der Waals surface area contributed by atoms with Crippen molar-refractivity contribution in [2.24, 2.45) is 7.05 Å². The number of nitrogens with zero attached hydrogens (tertiary/aromatic N) is 4. The number of nitriles is 1. The van der Waals surface area contributed by atoms with Gasteiger partial charge in [0.1, 0.15) is 11.1 Å². The Hall–Kier alpha value is -2.57. The van der Waals surface area contributed by atoms with Crippen molar-refractivity contribution in [3.8, 4) is 17.7 Å². The molecule has 0 aliphatic heterocycles. The molecule has 4 rings (SSSR count). The normalized spacial score (nSPS) is 13.1.